The first-order valence-corrected chi connectivity index (χ1v) is 19.7. The van der Waals surface area contributed by atoms with Gasteiger partial charge in [-0.05, 0) is 62.1 Å². The lowest BCUT2D eigenvalue weighted by atomic mass is 10.00. The predicted molar refractivity (Wildman–Crippen MR) is 200 cm³/mol. The van der Waals surface area contributed by atoms with Crippen molar-refractivity contribution in [3.8, 4) is 5.75 Å². The molecule has 0 bridgehead atoms. The maximum atomic E-state index is 14.1. The summed E-state index contributed by atoms with van der Waals surface area (Å²) in [6.45, 7) is 9.71. The molecule has 0 aliphatic carbocycles. The van der Waals surface area contributed by atoms with Crippen molar-refractivity contribution in [2.75, 3.05) is 6.54 Å². The van der Waals surface area contributed by atoms with Crippen LogP contribution >= 0.6 is 7.82 Å². The van der Waals surface area contributed by atoms with Crippen LogP contribution in [0.2, 0.25) is 0 Å². The van der Waals surface area contributed by atoms with Crippen LogP contribution in [0, 0.1) is 11.8 Å². The smallest absolute Gasteiger partial charge is 0.404 e. The number of phosphoric ester groups is 1. The number of likely N-dealkylation sites (tertiary alicyclic amines) is 1. The molecule has 0 radical (unpaired) electrons. The summed E-state index contributed by atoms with van der Waals surface area (Å²) >= 11 is 0. The number of nitrogens with one attached hydrogen (secondary N) is 5. The standard InChI is InChI=1S/C35H55N8O12P/c1-18(2)16-26(41-33(49)25(39-21(6)44)17-22-9-11-23(12-10-22)55-56(52,53)54)35(51)43-15-7-8-27(43)34(50)40-24(13-14-28(36)45)32(48)38-20(5)31(47)42-29(19(3)4)30(37)46/h9-12,18-20,24-27,29H,7-8,13-17H2,1-6H3,(H2,36,45)(H2,37,46)(H,38,48)(H,39,44)(H,40,50)(H,41,49)(H,42,47)(H2,52,53,54)/t20-,24-,25+,26+,27-,29-/m0/s1. The van der Waals surface area contributed by atoms with Crippen molar-refractivity contribution in [2.45, 2.75) is 116 Å². The molecule has 8 amide bonds. The molecule has 1 fully saturated rings. The fourth-order valence-corrected chi connectivity index (χ4v) is 6.43. The number of nitrogens with two attached hydrogens (primary N) is 2. The lowest BCUT2D eigenvalue weighted by Gasteiger charge is -2.31. The van der Waals surface area contributed by atoms with Crippen LogP contribution in [-0.2, 0) is 49.3 Å². The van der Waals surface area contributed by atoms with Crippen molar-refractivity contribution >= 4 is 55.1 Å². The van der Waals surface area contributed by atoms with E-state index in [1.54, 1.807) is 13.8 Å². The Balaban J connectivity index is 2.24. The SMILES string of the molecule is CC(=O)N[C@H](Cc1ccc(OP(=O)(O)O)cc1)C(=O)N[C@H](CC(C)C)C(=O)N1CCC[C@H]1C(=O)N[C@@H](CCC(N)=O)C(=O)N[C@@H](C)C(=O)N[C@H](C(N)=O)C(C)C. The van der Waals surface area contributed by atoms with E-state index in [2.05, 4.69) is 31.1 Å². The zero-order chi connectivity index (χ0) is 42.5. The van der Waals surface area contributed by atoms with Gasteiger partial charge in [-0.3, -0.25) is 48.1 Å². The summed E-state index contributed by atoms with van der Waals surface area (Å²) < 4.78 is 15.7. The van der Waals surface area contributed by atoms with E-state index < -0.39 is 91.3 Å². The zero-order valence-corrected chi connectivity index (χ0v) is 33.3. The first kappa shape index (κ1) is 47.1. The van der Waals surface area contributed by atoms with Crippen molar-refractivity contribution in [3.63, 3.8) is 0 Å². The molecule has 2 rings (SSSR count). The van der Waals surface area contributed by atoms with E-state index >= 15 is 0 Å². The largest absolute Gasteiger partial charge is 0.524 e. The molecular weight excluding hydrogens is 755 g/mol. The summed E-state index contributed by atoms with van der Waals surface area (Å²) in [6, 6.07) is -1.41. The Bertz CT molecular complexity index is 1650. The van der Waals surface area contributed by atoms with Crippen molar-refractivity contribution in [1.82, 2.24) is 31.5 Å². The number of hydrogen-bond acceptors (Lipinski definition) is 10. The number of hydrogen-bond donors (Lipinski definition) is 9. The van der Waals surface area contributed by atoms with E-state index in [1.165, 1.54) is 43.0 Å². The highest BCUT2D eigenvalue weighted by atomic mass is 31.2. The lowest BCUT2D eigenvalue weighted by molar-refractivity contribution is -0.143. The normalized spacial score (nSPS) is 16.8. The summed E-state index contributed by atoms with van der Waals surface area (Å²) in [5.41, 5.74) is 11.2. The summed E-state index contributed by atoms with van der Waals surface area (Å²) in [4.78, 5) is 122. The summed E-state index contributed by atoms with van der Waals surface area (Å²) in [6.07, 6.45) is 0.197. The van der Waals surface area contributed by atoms with Gasteiger partial charge in [-0.15, -0.1) is 0 Å². The highest BCUT2D eigenvalue weighted by Crippen LogP contribution is 2.37. The summed E-state index contributed by atoms with van der Waals surface area (Å²) in [7, 11) is -4.80. The number of phosphoric acid groups is 1. The first-order chi connectivity index (χ1) is 26.0. The number of carbonyl (C=O) groups is 8. The molecule has 6 atom stereocenters. The molecular formula is C35H55N8O12P. The minimum Gasteiger partial charge on any atom is -0.404 e. The van der Waals surface area contributed by atoms with Crippen LogP contribution in [0.3, 0.4) is 0 Å². The average molecular weight is 811 g/mol. The number of benzene rings is 1. The molecule has 0 unspecified atom stereocenters. The van der Waals surface area contributed by atoms with Crippen LogP contribution in [-0.4, -0.2) is 105 Å². The van der Waals surface area contributed by atoms with Gasteiger partial charge < -0.3 is 47.5 Å². The zero-order valence-electron chi connectivity index (χ0n) is 32.4. The molecule has 21 heteroatoms. The van der Waals surface area contributed by atoms with Gasteiger partial charge in [0.15, 0.2) is 0 Å². The lowest BCUT2D eigenvalue weighted by Crippen LogP contribution is -2.59. The van der Waals surface area contributed by atoms with Crippen LogP contribution < -0.4 is 42.6 Å². The molecule has 0 spiro atoms. The van der Waals surface area contributed by atoms with Gasteiger partial charge in [0.05, 0.1) is 0 Å². The highest BCUT2D eigenvalue weighted by molar-refractivity contribution is 7.46. The van der Waals surface area contributed by atoms with E-state index in [4.69, 9.17) is 21.3 Å². The Kier molecular flexibility index (Phi) is 17.9. The molecule has 1 aliphatic rings. The predicted octanol–water partition coefficient (Wildman–Crippen LogP) is -1.39. The molecule has 1 heterocycles. The van der Waals surface area contributed by atoms with Crippen LogP contribution in [0.5, 0.6) is 5.75 Å². The molecule has 11 N–H and O–H groups in total. The van der Waals surface area contributed by atoms with Gasteiger partial charge in [-0.2, -0.15) is 0 Å². The molecule has 20 nitrogen and oxygen atoms in total. The van der Waals surface area contributed by atoms with Crippen molar-refractivity contribution in [2.24, 2.45) is 23.3 Å². The third-order valence-electron chi connectivity index (χ3n) is 8.78. The second kappa shape index (κ2) is 21.3. The van der Waals surface area contributed by atoms with Gasteiger partial charge in [0.1, 0.15) is 42.0 Å². The van der Waals surface area contributed by atoms with Gasteiger partial charge >= 0.3 is 7.82 Å². The van der Waals surface area contributed by atoms with Crippen LogP contribution in [0.25, 0.3) is 0 Å². The molecule has 0 saturated carbocycles. The van der Waals surface area contributed by atoms with E-state index in [1.807, 2.05) is 13.8 Å². The molecule has 0 aromatic heterocycles. The van der Waals surface area contributed by atoms with Gasteiger partial charge in [0, 0.05) is 26.3 Å². The van der Waals surface area contributed by atoms with E-state index in [0.717, 1.165) is 0 Å². The number of amides is 8. The molecule has 1 aliphatic heterocycles. The number of nitrogens with zero attached hydrogens (tertiary/aromatic N) is 1. The Morgan fingerprint density at radius 2 is 1.45 bits per heavy atom. The molecule has 1 aromatic carbocycles. The Labute approximate surface area is 325 Å². The second-order valence-electron chi connectivity index (χ2n) is 14.5. The maximum Gasteiger partial charge on any atom is 0.524 e. The molecule has 1 saturated heterocycles. The molecule has 1 aromatic rings. The van der Waals surface area contributed by atoms with E-state index in [9.17, 15) is 42.9 Å². The van der Waals surface area contributed by atoms with Crippen LogP contribution in [0.15, 0.2) is 24.3 Å². The fourth-order valence-electron chi connectivity index (χ4n) is 6.03. The number of carbonyl (C=O) groups excluding carboxylic acids is 8. The number of rotatable bonds is 21. The van der Waals surface area contributed by atoms with Gasteiger partial charge in [0.2, 0.25) is 47.3 Å². The maximum absolute atomic E-state index is 14.1. The summed E-state index contributed by atoms with van der Waals surface area (Å²) in [5, 5.41) is 12.8. The van der Waals surface area contributed by atoms with Crippen molar-refractivity contribution < 1.29 is 57.2 Å². The third-order valence-corrected chi connectivity index (χ3v) is 9.23. The van der Waals surface area contributed by atoms with Crippen molar-refractivity contribution in [1.29, 1.82) is 0 Å². The van der Waals surface area contributed by atoms with Gasteiger partial charge in [0.25, 0.3) is 0 Å². The third kappa shape index (κ3) is 15.6. The Morgan fingerprint density at radius 1 is 0.839 bits per heavy atom. The van der Waals surface area contributed by atoms with Gasteiger partial charge in [-0.25, -0.2) is 4.57 Å². The van der Waals surface area contributed by atoms with Crippen LogP contribution in [0.4, 0.5) is 0 Å². The van der Waals surface area contributed by atoms with Gasteiger partial charge in [-0.1, -0.05) is 39.8 Å². The topological polar surface area (TPSA) is 319 Å². The van der Waals surface area contributed by atoms with Crippen molar-refractivity contribution in [3.05, 3.63) is 29.8 Å². The highest BCUT2D eigenvalue weighted by Gasteiger charge is 2.40. The average Bonchev–Trinajstić information content (AvgIpc) is 3.57. The minimum atomic E-state index is -4.80. The number of primary amides is 2. The quantitative estimate of drug-likeness (QED) is 0.0649. The molecule has 312 valence electrons. The summed E-state index contributed by atoms with van der Waals surface area (Å²) in [5.74, 6) is -6.16. The first-order valence-electron chi connectivity index (χ1n) is 18.2. The molecule has 56 heavy (non-hydrogen) atoms. The van der Waals surface area contributed by atoms with E-state index in [-0.39, 0.29) is 56.2 Å². The van der Waals surface area contributed by atoms with E-state index in [0.29, 0.717) is 12.0 Å². The Morgan fingerprint density at radius 3 is 1.96 bits per heavy atom. The minimum absolute atomic E-state index is 0.0581. The monoisotopic (exact) mass is 810 g/mol. The Hall–Kier alpha value is -5.07. The fraction of sp³-hybridized carbons (Fsp3) is 0.600. The second-order valence-corrected chi connectivity index (χ2v) is 15.7. The van der Waals surface area contributed by atoms with Crippen LogP contribution in [0.1, 0.15) is 79.2 Å².